The number of hydrogen-bond acceptors (Lipinski definition) is 6. The fraction of sp³-hybridized carbons (Fsp3) is 0.231. The number of fused-ring (bicyclic) bond motifs is 2. The van der Waals surface area contributed by atoms with E-state index in [2.05, 4.69) is 69.6 Å². The van der Waals surface area contributed by atoms with E-state index in [1.165, 1.54) is 5.56 Å². The lowest BCUT2D eigenvalue weighted by molar-refractivity contribution is 0.259. The second-order valence-corrected chi connectivity index (χ2v) is 8.78. The average Bonchev–Trinajstić information content (AvgIpc) is 3.49. The van der Waals surface area contributed by atoms with Crippen molar-refractivity contribution in [2.45, 2.75) is 25.4 Å². The van der Waals surface area contributed by atoms with Gasteiger partial charge in [-0.3, -0.25) is 14.3 Å². The van der Waals surface area contributed by atoms with E-state index in [9.17, 15) is 0 Å². The third-order valence-electron chi connectivity index (χ3n) is 6.63. The number of aromatic nitrogens is 5. The van der Waals surface area contributed by atoms with Crippen LogP contribution in [0.15, 0.2) is 73.2 Å². The first-order valence-electron chi connectivity index (χ1n) is 11.3. The number of nitrogens with two attached hydrogens (primary N) is 1. The number of likely N-dealkylation sites (tertiary alicyclic amines) is 1. The molecule has 6 rings (SSSR count). The lowest BCUT2D eigenvalue weighted by atomic mass is 10.1. The van der Waals surface area contributed by atoms with Gasteiger partial charge in [-0.15, -0.1) is 10.2 Å². The molecule has 2 N–H and O–H groups in total. The smallest absolute Gasteiger partial charge is 0.187 e. The fourth-order valence-electron chi connectivity index (χ4n) is 4.66. The molecule has 1 aliphatic rings. The maximum absolute atomic E-state index is 6.13. The van der Waals surface area contributed by atoms with Crippen LogP contribution >= 0.6 is 0 Å². The molecule has 33 heavy (non-hydrogen) atoms. The molecule has 4 aromatic heterocycles. The molecule has 164 valence electrons. The van der Waals surface area contributed by atoms with Crippen LogP contribution in [0.1, 0.15) is 24.9 Å². The van der Waals surface area contributed by atoms with Crippen LogP contribution in [0, 0.1) is 0 Å². The number of pyridine rings is 3. The number of nitrogens with zero attached hydrogens (tertiary/aromatic N) is 6. The Morgan fingerprint density at radius 3 is 2.76 bits per heavy atom. The van der Waals surface area contributed by atoms with Gasteiger partial charge in [0.15, 0.2) is 11.5 Å². The second-order valence-electron chi connectivity index (χ2n) is 8.78. The molecule has 1 unspecified atom stereocenters. The minimum atomic E-state index is 0.264. The van der Waals surface area contributed by atoms with Gasteiger partial charge in [0.25, 0.3) is 0 Å². The molecule has 0 saturated carbocycles. The molecular weight excluding hydrogens is 410 g/mol. The second kappa shape index (κ2) is 8.03. The summed E-state index contributed by atoms with van der Waals surface area (Å²) in [6.45, 7) is 4.19. The van der Waals surface area contributed by atoms with Gasteiger partial charge in [-0.1, -0.05) is 30.3 Å². The Hall–Kier alpha value is -3.68. The van der Waals surface area contributed by atoms with E-state index in [1.54, 1.807) is 6.20 Å². The molecule has 7 nitrogen and oxygen atoms in total. The van der Waals surface area contributed by atoms with Crippen molar-refractivity contribution in [1.82, 2.24) is 29.5 Å². The van der Waals surface area contributed by atoms with Crippen LogP contribution in [-0.2, 0) is 0 Å². The minimum Gasteiger partial charge on any atom is -0.326 e. The molecule has 0 spiro atoms. The molecule has 0 aliphatic carbocycles. The van der Waals surface area contributed by atoms with Gasteiger partial charge in [0, 0.05) is 54.7 Å². The van der Waals surface area contributed by atoms with E-state index in [0.29, 0.717) is 0 Å². The van der Waals surface area contributed by atoms with Crippen molar-refractivity contribution < 1.29 is 0 Å². The van der Waals surface area contributed by atoms with E-state index in [-0.39, 0.29) is 12.1 Å². The quantitative estimate of drug-likeness (QED) is 0.457. The summed E-state index contributed by atoms with van der Waals surface area (Å²) in [5, 5.41) is 9.93. The molecule has 0 amide bonds. The molecule has 1 aliphatic heterocycles. The predicted octanol–water partition coefficient (Wildman–Crippen LogP) is 4.10. The molecule has 1 fully saturated rings. The van der Waals surface area contributed by atoms with Gasteiger partial charge in [0.1, 0.15) is 5.69 Å². The average molecular weight is 436 g/mol. The predicted molar refractivity (Wildman–Crippen MR) is 130 cm³/mol. The molecule has 5 aromatic rings. The van der Waals surface area contributed by atoms with Gasteiger partial charge < -0.3 is 5.73 Å². The van der Waals surface area contributed by atoms with Gasteiger partial charge >= 0.3 is 0 Å². The first kappa shape index (κ1) is 20.0. The summed E-state index contributed by atoms with van der Waals surface area (Å²) in [5.41, 5.74) is 12.0. The van der Waals surface area contributed by atoms with Crippen molar-refractivity contribution in [3.8, 4) is 22.6 Å². The van der Waals surface area contributed by atoms with E-state index >= 15 is 0 Å². The highest BCUT2D eigenvalue weighted by molar-refractivity contribution is 5.85. The Balaban J connectivity index is 1.40. The van der Waals surface area contributed by atoms with Gasteiger partial charge in [-0.2, -0.15) is 0 Å². The van der Waals surface area contributed by atoms with Crippen molar-refractivity contribution in [3.63, 3.8) is 0 Å². The molecule has 0 bridgehead atoms. The molecular formula is C26H25N7. The third kappa shape index (κ3) is 3.65. The molecule has 5 heterocycles. The number of benzene rings is 1. The first-order chi connectivity index (χ1) is 16.2. The minimum absolute atomic E-state index is 0.264. The van der Waals surface area contributed by atoms with Crippen molar-refractivity contribution in [2.24, 2.45) is 5.73 Å². The summed E-state index contributed by atoms with van der Waals surface area (Å²) in [6.07, 6.45) is 6.83. The SMILES string of the molecule is CC(c1ccc2nnc(-c3ccc4ccc(-c5cccnc5)cc4n3)n2c1)N1CC[C@H](N)C1. The van der Waals surface area contributed by atoms with Crippen LogP contribution in [-0.4, -0.2) is 48.6 Å². The normalized spacial score (nSPS) is 17.7. The first-order valence-corrected chi connectivity index (χ1v) is 11.3. The number of rotatable bonds is 4. The molecule has 7 heteroatoms. The third-order valence-corrected chi connectivity index (χ3v) is 6.63. The van der Waals surface area contributed by atoms with E-state index in [4.69, 9.17) is 10.7 Å². The standard InChI is InChI=1S/C26H25N7/c1-17(32-12-10-22(27)16-32)21-7-9-25-30-31-26(33(25)15-21)23-8-6-18-4-5-19(13-24(18)29-23)20-3-2-11-28-14-20/h2-9,11,13-15,17,22H,10,12,16,27H2,1H3/t17?,22-/m0/s1. The van der Waals surface area contributed by atoms with Crippen LogP contribution in [0.5, 0.6) is 0 Å². The Labute approximate surface area is 191 Å². The van der Waals surface area contributed by atoms with Crippen molar-refractivity contribution in [2.75, 3.05) is 13.1 Å². The summed E-state index contributed by atoms with van der Waals surface area (Å²) in [5.74, 6) is 0.742. The van der Waals surface area contributed by atoms with E-state index in [0.717, 1.165) is 58.7 Å². The summed E-state index contributed by atoms with van der Waals surface area (Å²) in [6, 6.07) is 19.1. The monoisotopic (exact) mass is 435 g/mol. The molecule has 1 aromatic carbocycles. The van der Waals surface area contributed by atoms with Crippen LogP contribution in [0.2, 0.25) is 0 Å². The zero-order valence-electron chi connectivity index (χ0n) is 18.5. The zero-order valence-corrected chi connectivity index (χ0v) is 18.5. The molecule has 1 saturated heterocycles. The Morgan fingerprint density at radius 2 is 1.94 bits per heavy atom. The van der Waals surface area contributed by atoms with Gasteiger partial charge in [0.05, 0.1) is 5.52 Å². The Kier molecular flexibility index (Phi) is 4.86. The van der Waals surface area contributed by atoms with Gasteiger partial charge in [0.2, 0.25) is 0 Å². The highest BCUT2D eigenvalue weighted by atomic mass is 15.3. The van der Waals surface area contributed by atoms with E-state index in [1.807, 2.05) is 28.8 Å². The van der Waals surface area contributed by atoms with Crippen molar-refractivity contribution in [3.05, 3.63) is 78.8 Å². The highest BCUT2D eigenvalue weighted by Gasteiger charge is 2.25. The summed E-state index contributed by atoms with van der Waals surface area (Å²) in [4.78, 5) is 11.6. The zero-order chi connectivity index (χ0) is 22.4. The van der Waals surface area contributed by atoms with Crippen LogP contribution in [0.3, 0.4) is 0 Å². The summed E-state index contributed by atoms with van der Waals surface area (Å²) in [7, 11) is 0. The highest BCUT2D eigenvalue weighted by Crippen LogP contribution is 2.28. The van der Waals surface area contributed by atoms with Crippen molar-refractivity contribution >= 4 is 16.6 Å². The van der Waals surface area contributed by atoms with Crippen molar-refractivity contribution in [1.29, 1.82) is 0 Å². The maximum atomic E-state index is 6.13. The number of hydrogen-bond donors (Lipinski definition) is 1. The lowest BCUT2D eigenvalue weighted by Gasteiger charge is -2.24. The Morgan fingerprint density at radius 1 is 1.03 bits per heavy atom. The van der Waals surface area contributed by atoms with Gasteiger partial charge in [-0.25, -0.2) is 4.98 Å². The molecule has 0 radical (unpaired) electrons. The molecule has 2 atom stereocenters. The van der Waals surface area contributed by atoms with E-state index < -0.39 is 0 Å². The Bertz CT molecular complexity index is 1440. The van der Waals surface area contributed by atoms with Crippen LogP contribution < -0.4 is 5.73 Å². The summed E-state index contributed by atoms with van der Waals surface area (Å²) >= 11 is 0. The van der Waals surface area contributed by atoms with Crippen LogP contribution in [0.25, 0.3) is 39.2 Å². The van der Waals surface area contributed by atoms with Crippen LogP contribution in [0.4, 0.5) is 0 Å². The topological polar surface area (TPSA) is 85.2 Å². The summed E-state index contributed by atoms with van der Waals surface area (Å²) < 4.78 is 2.04. The maximum Gasteiger partial charge on any atom is 0.187 e. The lowest BCUT2D eigenvalue weighted by Crippen LogP contribution is -2.28. The largest absolute Gasteiger partial charge is 0.326 e. The fourth-order valence-corrected chi connectivity index (χ4v) is 4.66. The van der Waals surface area contributed by atoms with Gasteiger partial charge in [-0.05, 0) is 48.7 Å².